The van der Waals surface area contributed by atoms with E-state index < -0.39 is 0 Å². The minimum atomic E-state index is 1.19. The van der Waals surface area contributed by atoms with Crippen LogP contribution >= 0.6 is 0 Å². The van der Waals surface area contributed by atoms with E-state index in [0.717, 1.165) is 0 Å². The second-order valence-electron chi connectivity index (χ2n) is 7.31. The Balaban J connectivity index is 1.49. The predicted molar refractivity (Wildman–Crippen MR) is 113 cm³/mol. The molecule has 0 spiro atoms. The predicted octanol–water partition coefficient (Wildman–Crippen LogP) is 8.25. The van der Waals surface area contributed by atoms with Crippen molar-refractivity contribution in [3.63, 3.8) is 0 Å². The van der Waals surface area contributed by atoms with Crippen molar-refractivity contribution < 1.29 is 0 Å². The van der Waals surface area contributed by atoms with Crippen LogP contribution in [0, 0.1) is 0 Å². The van der Waals surface area contributed by atoms with Crippen molar-refractivity contribution >= 4 is 10.8 Å². The Hall–Kier alpha value is -1.56. The second kappa shape index (κ2) is 12.8. The number of hydrogen-bond donors (Lipinski definition) is 0. The number of fused-ring (bicyclic) bond motifs is 1. The lowest BCUT2D eigenvalue weighted by Crippen LogP contribution is -1.85. The van der Waals surface area contributed by atoms with Crippen molar-refractivity contribution in [1.82, 2.24) is 0 Å². The number of allylic oxidation sites excluding steroid dienone is 2. The second-order valence-corrected chi connectivity index (χ2v) is 7.31. The molecular formula is C25H36. The largest absolute Gasteiger partial charge is 0.0885 e. The fourth-order valence-corrected chi connectivity index (χ4v) is 3.45. The van der Waals surface area contributed by atoms with Crippen LogP contribution in [0.5, 0.6) is 0 Å². The summed E-state index contributed by atoms with van der Waals surface area (Å²) in [5.74, 6) is 0. The number of rotatable bonds is 13. The van der Waals surface area contributed by atoms with Gasteiger partial charge in [0, 0.05) is 0 Å². The highest BCUT2D eigenvalue weighted by Gasteiger charge is 1.96. The Labute approximate surface area is 155 Å². The van der Waals surface area contributed by atoms with Gasteiger partial charge in [-0.15, -0.1) is 0 Å². The van der Waals surface area contributed by atoms with E-state index in [-0.39, 0.29) is 0 Å². The molecule has 2 rings (SSSR count). The third kappa shape index (κ3) is 8.38. The van der Waals surface area contributed by atoms with Crippen LogP contribution in [-0.2, 0) is 6.42 Å². The average Bonchev–Trinajstić information content (AvgIpc) is 2.65. The van der Waals surface area contributed by atoms with Crippen molar-refractivity contribution in [2.75, 3.05) is 0 Å². The third-order valence-electron chi connectivity index (χ3n) is 5.04. The molecular weight excluding hydrogens is 300 g/mol. The number of aryl methyl sites for hydroxylation is 1. The van der Waals surface area contributed by atoms with E-state index in [1.807, 2.05) is 0 Å². The Bertz CT molecular complexity index is 608. The van der Waals surface area contributed by atoms with E-state index in [1.54, 1.807) is 0 Å². The minimum absolute atomic E-state index is 1.19. The highest BCUT2D eigenvalue weighted by molar-refractivity contribution is 5.82. The molecule has 2 aromatic carbocycles. The molecule has 0 aliphatic rings. The summed E-state index contributed by atoms with van der Waals surface area (Å²) in [6.45, 7) is 2.29. The Morgan fingerprint density at radius 3 is 2.04 bits per heavy atom. The van der Waals surface area contributed by atoms with Crippen LogP contribution < -0.4 is 0 Å². The van der Waals surface area contributed by atoms with Gasteiger partial charge in [0.15, 0.2) is 0 Å². The van der Waals surface area contributed by atoms with Crippen molar-refractivity contribution in [2.24, 2.45) is 0 Å². The van der Waals surface area contributed by atoms with Gasteiger partial charge in [0.25, 0.3) is 0 Å². The lowest BCUT2D eigenvalue weighted by atomic mass is 10.0. The maximum absolute atomic E-state index is 2.40. The first-order valence-corrected chi connectivity index (χ1v) is 10.5. The van der Waals surface area contributed by atoms with E-state index in [4.69, 9.17) is 0 Å². The lowest BCUT2D eigenvalue weighted by Gasteiger charge is -2.03. The van der Waals surface area contributed by atoms with Gasteiger partial charge in [-0.3, -0.25) is 0 Å². The molecule has 25 heavy (non-hydrogen) atoms. The SMILES string of the molecule is CCCCCCCCCC/C=C/CCCc1ccc2ccccc2c1. The first kappa shape index (κ1) is 19.8. The minimum Gasteiger partial charge on any atom is -0.0885 e. The van der Waals surface area contributed by atoms with Crippen LogP contribution in [0.2, 0.25) is 0 Å². The average molecular weight is 337 g/mol. The monoisotopic (exact) mass is 336 g/mol. The normalized spacial score (nSPS) is 11.6. The van der Waals surface area contributed by atoms with Crippen LogP contribution in [0.25, 0.3) is 10.8 Å². The molecule has 0 nitrogen and oxygen atoms in total. The van der Waals surface area contributed by atoms with Crippen molar-refractivity contribution in [3.05, 3.63) is 60.2 Å². The van der Waals surface area contributed by atoms with Crippen LogP contribution in [0.4, 0.5) is 0 Å². The number of unbranched alkanes of at least 4 members (excludes halogenated alkanes) is 9. The lowest BCUT2D eigenvalue weighted by molar-refractivity contribution is 0.577. The summed E-state index contributed by atoms with van der Waals surface area (Å²) >= 11 is 0. The smallest absolute Gasteiger partial charge is 0.0181 e. The maximum Gasteiger partial charge on any atom is -0.0181 e. The highest BCUT2D eigenvalue weighted by atomic mass is 14.0. The summed E-state index contributed by atoms with van der Waals surface area (Å²) < 4.78 is 0. The highest BCUT2D eigenvalue weighted by Crippen LogP contribution is 2.17. The van der Waals surface area contributed by atoms with E-state index in [2.05, 4.69) is 61.5 Å². The van der Waals surface area contributed by atoms with Crippen molar-refractivity contribution in [1.29, 1.82) is 0 Å². The molecule has 0 N–H and O–H groups in total. The van der Waals surface area contributed by atoms with Gasteiger partial charge in [-0.2, -0.15) is 0 Å². The molecule has 0 saturated carbocycles. The molecule has 0 amide bonds. The van der Waals surface area contributed by atoms with Crippen LogP contribution in [0.15, 0.2) is 54.6 Å². The number of benzene rings is 2. The van der Waals surface area contributed by atoms with Gasteiger partial charge >= 0.3 is 0 Å². The first-order valence-electron chi connectivity index (χ1n) is 10.5. The fraction of sp³-hybridized carbons (Fsp3) is 0.520. The molecule has 0 heteroatoms. The molecule has 136 valence electrons. The molecule has 2 aromatic rings. The summed E-state index contributed by atoms with van der Waals surface area (Å²) in [4.78, 5) is 0. The molecule has 0 aliphatic carbocycles. The summed E-state index contributed by atoms with van der Waals surface area (Å²) in [6, 6.07) is 15.5. The summed E-state index contributed by atoms with van der Waals surface area (Å²) in [5.41, 5.74) is 1.47. The molecule has 0 saturated heterocycles. The molecule has 0 bridgehead atoms. The van der Waals surface area contributed by atoms with Crippen LogP contribution in [-0.4, -0.2) is 0 Å². The van der Waals surface area contributed by atoms with E-state index in [1.165, 1.54) is 93.4 Å². The first-order chi connectivity index (χ1) is 12.4. The van der Waals surface area contributed by atoms with Gasteiger partial charge in [0.05, 0.1) is 0 Å². The van der Waals surface area contributed by atoms with Gasteiger partial charge in [0.1, 0.15) is 0 Å². The van der Waals surface area contributed by atoms with Gasteiger partial charge in [-0.25, -0.2) is 0 Å². The van der Waals surface area contributed by atoms with Crippen molar-refractivity contribution in [2.45, 2.75) is 84.0 Å². The zero-order valence-corrected chi connectivity index (χ0v) is 16.2. The zero-order valence-electron chi connectivity index (χ0n) is 16.2. The van der Waals surface area contributed by atoms with Gasteiger partial charge in [-0.1, -0.05) is 106 Å². The maximum atomic E-state index is 2.40. The topological polar surface area (TPSA) is 0 Å². The molecule has 0 aromatic heterocycles. The Morgan fingerprint density at radius 2 is 1.28 bits per heavy atom. The summed E-state index contributed by atoms with van der Waals surface area (Å²) in [5, 5.41) is 2.71. The van der Waals surface area contributed by atoms with Gasteiger partial charge in [0.2, 0.25) is 0 Å². The summed E-state index contributed by atoms with van der Waals surface area (Å²) in [6.07, 6.45) is 21.0. The van der Waals surface area contributed by atoms with E-state index >= 15 is 0 Å². The van der Waals surface area contributed by atoms with Gasteiger partial charge < -0.3 is 0 Å². The standard InChI is InChI=1S/C25H36/c1-2-3-4-5-6-7-8-9-10-11-12-13-14-17-23-20-21-24-18-15-16-19-25(24)22-23/h11-12,15-16,18-22H,2-10,13-14,17H2,1H3/b12-11+. The van der Waals surface area contributed by atoms with E-state index in [0.29, 0.717) is 0 Å². The quantitative estimate of drug-likeness (QED) is 0.255. The molecule has 0 heterocycles. The fourth-order valence-electron chi connectivity index (χ4n) is 3.45. The van der Waals surface area contributed by atoms with E-state index in [9.17, 15) is 0 Å². The number of hydrogen-bond acceptors (Lipinski definition) is 0. The van der Waals surface area contributed by atoms with Gasteiger partial charge in [-0.05, 0) is 48.4 Å². The zero-order chi connectivity index (χ0) is 17.6. The van der Waals surface area contributed by atoms with Crippen LogP contribution in [0.3, 0.4) is 0 Å². The van der Waals surface area contributed by atoms with Crippen molar-refractivity contribution in [3.8, 4) is 0 Å². The molecule has 0 unspecified atom stereocenters. The molecule has 0 radical (unpaired) electrons. The summed E-state index contributed by atoms with van der Waals surface area (Å²) in [7, 11) is 0. The molecule has 0 atom stereocenters. The Morgan fingerprint density at radius 1 is 0.640 bits per heavy atom. The Kier molecular flexibility index (Phi) is 10.1. The van der Waals surface area contributed by atoms with Crippen LogP contribution in [0.1, 0.15) is 83.1 Å². The third-order valence-corrected chi connectivity index (χ3v) is 5.04. The molecule has 0 aliphatic heterocycles. The molecule has 0 fully saturated rings.